The highest BCUT2D eigenvalue weighted by Crippen LogP contribution is 2.24. The Morgan fingerprint density at radius 3 is 2.92 bits per heavy atom. The summed E-state index contributed by atoms with van der Waals surface area (Å²) in [5, 5.41) is 2.67. The van der Waals surface area contributed by atoms with E-state index in [2.05, 4.69) is 0 Å². The van der Waals surface area contributed by atoms with E-state index < -0.39 is 5.97 Å². The van der Waals surface area contributed by atoms with Crippen molar-refractivity contribution in [3.8, 4) is 5.75 Å². The fraction of sp³-hybridized carbons (Fsp3) is 0.333. The molecule has 0 saturated heterocycles. The van der Waals surface area contributed by atoms with Crippen molar-refractivity contribution < 1.29 is 19.1 Å². The molecule has 0 saturated carbocycles. The molecule has 0 radical (unpaired) electrons. The number of thiophene rings is 1. The predicted molar refractivity (Wildman–Crippen MR) is 96.1 cm³/mol. The highest BCUT2D eigenvalue weighted by atomic mass is 35.5. The van der Waals surface area contributed by atoms with Gasteiger partial charge in [-0.05, 0) is 54.1 Å². The largest absolute Gasteiger partial charge is 0.482 e. The second-order valence-electron chi connectivity index (χ2n) is 5.79. The summed E-state index contributed by atoms with van der Waals surface area (Å²) in [6, 6.07) is 7.16. The minimum absolute atomic E-state index is 0.187. The molecule has 0 aliphatic carbocycles. The molecular formula is C18H18ClNO4S. The minimum Gasteiger partial charge on any atom is -0.482 e. The lowest BCUT2D eigenvalue weighted by molar-refractivity contribution is -0.154. The molecule has 1 aliphatic heterocycles. The molecule has 0 atom stereocenters. The van der Waals surface area contributed by atoms with Gasteiger partial charge in [-0.2, -0.15) is 0 Å². The van der Waals surface area contributed by atoms with Gasteiger partial charge in [-0.25, -0.2) is 4.79 Å². The van der Waals surface area contributed by atoms with Gasteiger partial charge in [0.25, 0.3) is 5.91 Å². The molecule has 132 valence electrons. The van der Waals surface area contributed by atoms with E-state index in [0.717, 1.165) is 12.0 Å². The average Bonchev–Trinajstić information content (AvgIpc) is 3.08. The lowest BCUT2D eigenvalue weighted by atomic mass is 10.1. The molecule has 0 fully saturated rings. The monoisotopic (exact) mass is 379 g/mol. The number of benzene rings is 1. The Bertz CT molecular complexity index is 789. The van der Waals surface area contributed by atoms with Gasteiger partial charge in [0.15, 0.2) is 13.2 Å². The number of halogens is 1. The summed E-state index contributed by atoms with van der Waals surface area (Å²) in [6.07, 6.45) is 0.853. The molecule has 2 heterocycles. The van der Waals surface area contributed by atoms with Crippen LogP contribution in [0.1, 0.15) is 16.0 Å². The van der Waals surface area contributed by atoms with E-state index in [-0.39, 0.29) is 19.1 Å². The van der Waals surface area contributed by atoms with Crippen molar-refractivity contribution in [1.82, 2.24) is 4.90 Å². The van der Waals surface area contributed by atoms with Gasteiger partial charge in [-0.1, -0.05) is 11.6 Å². The number of fused-ring (bicyclic) bond motifs is 1. The van der Waals surface area contributed by atoms with E-state index in [0.29, 0.717) is 23.9 Å². The van der Waals surface area contributed by atoms with Crippen LogP contribution in [0, 0.1) is 6.92 Å². The van der Waals surface area contributed by atoms with E-state index in [1.54, 1.807) is 34.4 Å². The molecule has 2 aromatic rings. The van der Waals surface area contributed by atoms with Crippen molar-refractivity contribution in [3.63, 3.8) is 0 Å². The van der Waals surface area contributed by atoms with Crippen LogP contribution in [0.2, 0.25) is 5.02 Å². The number of carbonyl (C=O) groups excluding carboxylic acids is 2. The molecule has 1 aliphatic rings. The summed E-state index contributed by atoms with van der Waals surface area (Å²) in [7, 11) is 0. The van der Waals surface area contributed by atoms with Crippen molar-refractivity contribution in [2.75, 3.05) is 19.8 Å². The molecule has 0 bridgehead atoms. The Labute approximate surface area is 155 Å². The number of rotatable bonds is 5. The van der Waals surface area contributed by atoms with Gasteiger partial charge < -0.3 is 14.4 Å². The minimum atomic E-state index is -0.575. The number of amides is 1. The van der Waals surface area contributed by atoms with Gasteiger partial charge in [0, 0.05) is 23.0 Å². The Morgan fingerprint density at radius 2 is 2.12 bits per heavy atom. The van der Waals surface area contributed by atoms with Crippen molar-refractivity contribution in [1.29, 1.82) is 0 Å². The van der Waals surface area contributed by atoms with Crippen LogP contribution in [0.25, 0.3) is 0 Å². The molecule has 0 spiro atoms. The number of ether oxygens (including phenoxy) is 2. The van der Waals surface area contributed by atoms with E-state index in [1.807, 2.05) is 18.4 Å². The van der Waals surface area contributed by atoms with Crippen LogP contribution in [-0.4, -0.2) is 36.5 Å². The molecule has 1 aromatic carbocycles. The highest BCUT2D eigenvalue weighted by Gasteiger charge is 2.22. The second-order valence-corrected chi connectivity index (χ2v) is 7.20. The van der Waals surface area contributed by atoms with Crippen LogP contribution >= 0.6 is 22.9 Å². The first kappa shape index (κ1) is 17.8. The topological polar surface area (TPSA) is 55.8 Å². The van der Waals surface area contributed by atoms with E-state index >= 15 is 0 Å². The average molecular weight is 380 g/mol. The molecule has 7 heteroatoms. The zero-order valence-electron chi connectivity index (χ0n) is 13.8. The fourth-order valence-corrected chi connectivity index (χ4v) is 3.59. The normalized spacial score (nSPS) is 13.3. The number of nitrogens with zero attached hydrogens (tertiary/aromatic N) is 1. The Balaban J connectivity index is 1.43. The maximum absolute atomic E-state index is 12.2. The quantitative estimate of drug-likeness (QED) is 0.748. The lowest BCUT2D eigenvalue weighted by Gasteiger charge is -2.26. The summed E-state index contributed by atoms with van der Waals surface area (Å²) < 4.78 is 10.4. The summed E-state index contributed by atoms with van der Waals surface area (Å²) in [4.78, 5) is 27.0. The zero-order valence-corrected chi connectivity index (χ0v) is 15.4. The first-order valence-electron chi connectivity index (χ1n) is 7.90. The summed E-state index contributed by atoms with van der Waals surface area (Å²) in [5.41, 5.74) is 2.04. The van der Waals surface area contributed by atoms with E-state index in [9.17, 15) is 9.59 Å². The molecule has 5 nitrogen and oxygen atoms in total. The summed E-state index contributed by atoms with van der Waals surface area (Å²) in [5.74, 6) is -0.229. The molecule has 3 rings (SSSR count). The molecule has 0 N–H and O–H groups in total. The molecule has 1 amide bonds. The molecular weight excluding hydrogens is 362 g/mol. The van der Waals surface area contributed by atoms with Gasteiger partial charge in [0.05, 0.1) is 0 Å². The van der Waals surface area contributed by atoms with Gasteiger partial charge in [-0.3, -0.25) is 4.79 Å². The van der Waals surface area contributed by atoms with Gasteiger partial charge in [0.1, 0.15) is 5.75 Å². The number of esters is 1. The maximum atomic E-state index is 12.2. The number of aryl methyl sites for hydroxylation is 1. The second kappa shape index (κ2) is 7.89. The van der Waals surface area contributed by atoms with Crippen molar-refractivity contribution in [2.45, 2.75) is 19.9 Å². The first-order chi connectivity index (χ1) is 12.0. The van der Waals surface area contributed by atoms with E-state index in [1.165, 1.54) is 10.4 Å². The molecule has 0 unspecified atom stereocenters. The first-order valence-corrected chi connectivity index (χ1v) is 9.16. The number of hydrogen-bond acceptors (Lipinski definition) is 5. The van der Waals surface area contributed by atoms with Gasteiger partial charge >= 0.3 is 5.97 Å². The van der Waals surface area contributed by atoms with Crippen molar-refractivity contribution in [2.24, 2.45) is 0 Å². The summed E-state index contributed by atoms with van der Waals surface area (Å²) in [6.45, 7) is 2.58. The van der Waals surface area contributed by atoms with Crippen molar-refractivity contribution >= 4 is 34.8 Å². The number of hydrogen-bond donors (Lipinski definition) is 0. The van der Waals surface area contributed by atoms with Crippen molar-refractivity contribution in [3.05, 3.63) is 50.7 Å². The van der Waals surface area contributed by atoms with Gasteiger partial charge in [-0.15, -0.1) is 11.3 Å². The Morgan fingerprint density at radius 1 is 1.28 bits per heavy atom. The Kier molecular flexibility index (Phi) is 5.60. The van der Waals surface area contributed by atoms with E-state index in [4.69, 9.17) is 21.1 Å². The smallest absolute Gasteiger partial charge is 0.344 e. The molecule has 25 heavy (non-hydrogen) atoms. The lowest BCUT2D eigenvalue weighted by Crippen LogP contribution is -2.38. The van der Waals surface area contributed by atoms with Crippen LogP contribution in [0.3, 0.4) is 0 Å². The van der Waals surface area contributed by atoms with Gasteiger partial charge in [0.2, 0.25) is 0 Å². The summed E-state index contributed by atoms with van der Waals surface area (Å²) >= 11 is 7.65. The SMILES string of the molecule is Cc1cc(OCC(=O)OCC(=O)N2CCc3sccc3C2)ccc1Cl. The van der Waals surface area contributed by atoms with Crippen LogP contribution in [-0.2, 0) is 27.3 Å². The fourth-order valence-electron chi connectivity index (χ4n) is 2.59. The zero-order chi connectivity index (χ0) is 17.8. The maximum Gasteiger partial charge on any atom is 0.344 e. The van der Waals surface area contributed by atoms with Crippen LogP contribution in [0.15, 0.2) is 29.6 Å². The third kappa shape index (κ3) is 4.52. The predicted octanol–water partition coefficient (Wildman–Crippen LogP) is 3.22. The highest BCUT2D eigenvalue weighted by molar-refractivity contribution is 7.10. The molecule has 1 aromatic heterocycles. The van der Waals surface area contributed by atoms with Crippen LogP contribution in [0.4, 0.5) is 0 Å². The standard InChI is InChI=1S/C18H18ClNO4S/c1-12-8-14(2-3-15(12)19)23-11-18(22)24-10-17(21)20-6-4-16-13(9-20)5-7-25-16/h2-3,5,7-8H,4,6,9-11H2,1H3. The third-order valence-corrected chi connectivity index (χ3v) is 5.45. The van der Waals surface area contributed by atoms with Crippen LogP contribution in [0.5, 0.6) is 5.75 Å². The van der Waals surface area contributed by atoms with Crippen LogP contribution < -0.4 is 4.74 Å². The third-order valence-electron chi connectivity index (χ3n) is 4.00. The Hall–Kier alpha value is -2.05. The number of carbonyl (C=O) groups is 2.